The zero-order valence-electron chi connectivity index (χ0n) is 34.4. The van der Waals surface area contributed by atoms with Crippen LogP contribution in [0.4, 0.5) is 4.79 Å². The number of amides is 5. The molecule has 19 heteroatoms. The number of aromatic carboxylic acids is 1. The Bertz CT molecular complexity index is 1990. The van der Waals surface area contributed by atoms with Crippen molar-refractivity contribution in [3.05, 3.63) is 38.4 Å². The van der Waals surface area contributed by atoms with E-state index in [9.17, 15) is 33.9 Å². The van der Waals surface area contributed by atoms with E-state index in [1.807, 2.05) is 13.8 Å². The number of ether oxygens (including phenoxy) is 1. The Kier molecular flexibility index (Phi) is 14.0. The van der Waals surface area contributed by atoms with Crippen molar-refractivity contribution < 1.29 is 43.0 Å². The summed E-state index contributed by atoms with van der Waals surface area (Å²) in [7, 11) is 1.60. The van der Waals surface area contributed by atoms with Gasteiger partial charge in [-0.3, -0.25) is 24.1 Å². The van der Waals surface area contributed by atoms with Crippen molar-refractivity contribution in [2.45, 2.75) is 123 Å². The molecule has 0 radical (unpaired) electrons. The molecule has 5 rings (SSSR count). The number of nitrogens with one attached hydrogen (secondary N) is 2. The number of carboxylic acid groups (broad SMARTS) is 1. The van der Waals surface area contributed by atoms with Crippen molar-refractivity contribution in [2.24, 2.45) is 11.8 Å². The van der Waals surface area contributed by atoms with Crippen molar-refractivity contribution in [2.75, 3.05) is 20.1 Å². The second-order valence-corrected chi connectivity index (χ2v) is 18.3. The number of likely N-dealkylation sites (tertiary alicyclic amines) is 2. The molecule has 0 bridgehead atoms. The Morgan fingerprint density at radius 3 is 2.28 bits per heavy atom. The Hall–Kier alpha value is -4.91. The number of oxazole rings is 1. The molecule has 5 amide bonds. The van der Waals surface area contributed by atoms with E-state index < -0.39 is 59.6 Å². The number of carbonyl (C=O) groups excluding carboxylic acids is 5. The first-order valence-corrected chi connectivity index (χ1v) is 21.3. The van der Waals surface area contributed by atoms with Crippen LogP contribution in [0.2, 0.25) is 0 Å². The maximum absolute atomic E-state index is 14.1. The highest BCUT2D eigenvalue weighted by atomic mass is 32.1. The van der Waals surface area contributed by atoms with Gasteiger partial charge in [0.25, 0.3) is 5.91 Å². The zero-order valence-corrected chi connectivity index (χ0v) is 36.1. The van der Waals surface area contributed by atoms with Crippen molar-refractivity contribution in [3.63, 3.8) is 0 Å². The molecule has 0 aliphatic carbocycles. The number of aromatic nitrogens is 3. The smallest absolute Gasteiger partial charge is 0.410 e. The summed E-state index contributed by atoms with van der Waals surface area (Å²) in [4.78, 5) is 96.9. The summed E-state index contributed by atoms with van der Waals surface area (Å²) in [5.41, 5.74) is -0.425. The fourth-order valence-corrected chi connectivity index (χ4v) is 8.74. The molecule has 58 heavy (non-hydrogen) atoms. The lowest BCUT2D eigenvalue weighted by Gasteiger charge is -2.34. The van der Waals surface area contributed by atoms with Crippen molar-refractivity contribution in [1.29, 1.82) is 0 Å². The van der Waals surface area contributed by atoms with Crippen LogP contribution < -0.4 is 10.6 Å². The van der Waals surface area contributed by atoms with Crippen LogP contribution in [0.15, 0.2) is 21.4 Å². The average molecular weight is 843 g/mol. The zero-order chi connectivity index (χ0) is 42.6. The van der Waals surface area contributed by atoms with Crippen molar-refractivity contribution >= 4 is 58.4 Å². The lowest BCUT2D eigenvalue weighted by molar-refractivity contribution is -0.138. The van der Waals surface area contributed by atoms with Gasteiger partial charge in [0.1, 0.15) is 45.7 Å². The fraction of sp³-hybridized carbons (Fsp3) is 0.615. The molecule has 2 aliphatic rings. The molecule has 2 saturated heterocycles. The van der Waals surface area contributed by atoms with Gasteiger partial charge in [0.2, 0.25) is 23.6 Å². The van der Waals surface area contributed by atoms with Crippen LogP contribution in [0.25, 0.3) is 11.6 Å². The maximum atomic E-state index is 14.1. The Morgan fingerprint density at radius 1 is 0.948 bits per heavy atom. The van der Waals surface area contributed by atoms with E-state index in [1.165, 1.54) is 32.8 Å². The van der Waals surface area contributed by atoms with E-state index >= 15 is 0 Å². The van der Waals surface area contributed by atoms with E-state index in [4.69, 9.17) is 14.1 Å². The third-order valence-corrected chi connectivity index (χ3v) is 11.9. The molecule has 0 spiro atoms. The number of nitrogens with zero attached hydrogens (tertiary/aromatic N) is 6. The summed E-state index contributed by atoms with van der Waals surface area (Å²) in [6.45, 7) is 15.4. The van der Waals surface area contributed by atoms with E-state index in [0.717, 1.165) is 17.8 Å². The number of thiazole rings is 2. The van der Waals surface area contributed by atoms with Crippen LogP contribution >= 0.6 is 22.7 Å². The van der Waals surface area contributed by atoms with Gasteiger partial charge in [0, 0.05) is 30.9 Å². The molecule has 17 nitrogen and oxygen atoms in total. The van der Waals surface area contributed by atoms with E-state index in [0.29, 0.717) is 54.5 Å². The molecule has 2 aliphatic heterocycles. The number of carbonyl (C=O) groups is 6. The first-order valence-electron chi connectivity index (χ1n) is 19.5. The van der Waals surface area contributed by atoms with Crippen LogP contribution in [0, 0.1) is 11.8 Å². The van der Waals surface area contributed by atoms with Crippen LogP contribution in [0.5, 0.6) is 0 Å². The Balaban J connectivity index is 1.24. The van der Waals surface area contributed by atoms with Gasteiger partial charge < -0.3 is 34.7 Å². The normalized spacial score (nSPS) is 18.6. The summed E-state index contributed by atoms with van der Waals surface area (Å²) in [6, 6.07) is -3.40. The molecule has 5 heterocycles. The number of rotatable bonds is 14. The molecule has 0 aromatic carbocycles. The van der Waals surface area contributed by atoms with Gasteiger partial charge in [-0.2, -0.15) is 0 Å². The van der Waals surface area contributed by atoms with Crippen LogP contribution in [0.1, 0.15) is 131 Å². The Labute approximate surface area is 345 Å². The highest BCUT2D eigenvalue weighted by Gasteiger charge is 2.41. The minimum atomic E-state index is -1.16. The predicted molar refractivity (Wildman–Crippen MR) is 215 cm³/mol. The number of likely N-dealkylation sites (N-methyl/N-ethyl adjacent to an activating group) is 1. The van der Waals surface area contributed by atoms with E-state index in [1.54, 1.807) is 58.9 Å². The summed E-state index contributed by atoms with van der Waals surface area (Å²) in [6.07, 6.45) is 3.55. The second-order valence-electron chi connectivity index (χ2n) is 16.5. The van der Waals surface area contributed by atoms with Crippen molar-refractivity contribution in [3.8, 4) is 11.6 Å². The minimum absolute atomic E-state index is 0.000200. The lowest BCUT2D eigenvalue weighted by Crippen LogP contribution is -2.55. The third kappa shape index (κ3) is 10.4. The highest BCUT2D eigenvalue weighted by Crippen LogP contribution is 2.37. The first kappa shape index (κ1) is 44.2. The van der Waals surface area contributed by atoms with E-state index in [2.05, 4.69) is 20.6 Å². The summed E-state index contributed by atoms with van der Waals surface area (Å²) in [5, 5.41) is 19.1. The second kappa shape index (κ2) is 18.3. The quantitative estimate of drug-likeness (QED) is 0.183. The summed E-state index contributed by atoms with van der Waals surface area (Å²) < 4.78 is 11.3. The van der Waals surface area contributed by atoms with Crippen molar-refractivity contribution in [1.82, 2.24) is 40.3 Å². The van der Waals surface area contributed by atoms with Gasteiger partial charge in [-0.25, -0.2) is 24.5 Å². The molecule has 3 aromatic heterocycles. The lowest BCUT2D eigenvalue weighted by atomic mass is 10.0. The molecule has 316 valence electrons. The predicted octanol–water partition coefficient (Wildman–Crippen LogP) is 5.52. The molecule has 0 saturated carbocycles. The molecular formula is C39H54N8O9S2. The fourth-order valence-electron chi connectivity index (χ4n) is 7.00. The van der Waals surface area contributed by atoms with Crippen LogP contribution in [0.3, 0.4) is 0 Å². The average Bonchev–Trinajstić information content (AvgIpc) is 3.99. The largest absolute Gasteiger partial charge is 0.476 e. The van der Waals surface area contributed by atoms with Gasteiger partial charge in [-0.15, -0.1) is 22.7 Å². The minimum Gasteiger partial charge on any atom is -0.476 e. The highest BCUT2D eigenvalue weighted by molar-refractivity contribution is 7.10. The summed E-state index contributed by atoms with van der Waals surface area (Å²) >= 11 is 2.47. The third-order valence-electron chi connectivity index (χ3n) is 9.95. The molecule has 3 aromatic rings. The Morgan fingerprint density at radius 2 is 1.64 bits per heavy atom. The van der Waals surface area contributed by atoms with Gasteiger partial charge in [0.05, 0.1) is 12.1 Å². The van der Waals surface area contributed by atoms with Crippen LogP contribution in [-0.4, -0.2) is 114 Å². The molecule has 5 atom stereocenters. The molecule has 0 unspecified atom stereocenters. The van der Waals surface area contributed by atoms with E-state index in [-0.39, 0.29) is 41.1 Å². The monoisotopic (exact) mass is 842 g/mol. The molecule has 3 N–H and O–H groups in total. The molecular weight excluding hydrogens is 789 g/mol. The molecule has 2 fully saturated rings. The van der Waals surface area contributed by atoms with Gasteiger partial charge in [-0.05, 0) is 71.6 Å². The number of hydrogen-bond donors (Lipinski definition) is 3. The van der Waals surface area contributed by atoms with Gasteiger partial charge in [-0.1, -0.05) is 27.7 Å². The summed E-state index contributed by atoms with van der Waals surface area (Å²) in [5.74, 6) is -2.82. The topological polar surface area (TPSA) is 217 Å². The number of hydrogen-bond acceptors (Lipinski definition) is 13. The first-order chi connectivity index (χ1) is 27.2. The van der Waals surface area contributed by atoms with Gasteiger partial charge in [0.15, 0.2) is 11.4 Å². The SMILES string of the molecule is CC(C)C[C@@H](C(=O)N1CCC[C@H]1c1nc(-c2nc(C(=O)N3CCC[C@H]3C(=O)N[C@H](C(=O)N[C@@H](C)c3nc(C(=O)O)cs3)C(C)C)co2)cs1)N(C)C(=O)OC(C)(C)C. The standard InChI is InChI=1S/C39H54N8O9S2/c1-20(2)16-28(45(9)38(54)56-39(6,7)8)36(51)47-15-11-13-27(47)34-42-24(18-58-34)32-41-23(17-55-32)35(50)46-14-10-12-26(46)30(48)44-29(21(3)4)31(49)40-22(5)33-43-25(19-57-33)37(52)53/h17-22,26-29H,10-16H2,1-9H3,(H,40,49)(H,44,48)(H,52,53)/t22-,26-,27-,28-,29-/m0/s1. The number of carboxylic acids is 1. The maximum Gasteiger partial charge on any atom is 0.410 e. The van der Waals surface area contributed by atoms with Gasteiger partial charge >= 0.3 is 12.1 Å². The van der Waals surface area contributed by atoms with Crippen LogP contribution in [-0.2, 0) is 19.1 Å².